The molecular formula is C16H20N2O. The van der Waals surface area contributed by atoms with E-state index in [0.717, 1.165) is 25.3 Å². The monoisotopic (exact) mass is 256 g/mol. The number of aromatic nitrogens is 1. The Morgan fingerprint density at radius 3 is 2.68 bits per heavy atom. The molecule has 0 spiro atoms. The van der Waals surface area contributed by atoms with Gasteiger partial charge in [0.05, 0.1) is 0 Å². The first-order valence-electron chi connectivity index (χ1n) is 6.70. The predicted molar refractivity (Wildman–Crippen MR) is 77.1 cm³/mol. The summed E-state index contributed by atoms with van der Waals surface area (Å²) in [4.78, 5) is 4.10. The molecule has 1 N–H and O–H groups in total. The van der Waals surface area contributed by atoms with Crippen molar-refractivity contribution in [2.75, 3.05) is 6.54 Å². The third-order valence-electron chi connectivity index (χ3n) is 2.93. The van der Waals surface area contributed by atoms with Crippen LogP contribution in [0.15, 0.2) is 54.9 Å². The molecule has 2 rings (SSSR count). The molecule has 1 heterocycles. The topological polar surface area (TPSA) is 34.2 Å². The van der Waals surface area contributed by atoms with Gasteiger partial charge in [0.25, 0.3) is 0 Å². The minimum atomic E-state index is 0.194. The van der Waals surface area contributed by atoms with Crippen molar-refractivity contribution in [1.82, 2.24) is 10.3 Å². The molecule has 0 saturated heterocycles. The maximum absolute atomic E-state index is 5.92. The van der Waals surface area contributed by atoms with Gasteiger partial charge in [-0.25, -0.2) is 0 Å². The Balaban J connectivity index is 1.77. The second kappa shape index (κ2) is 7.54. The highest BCUT2D eigenvalue weighted by Crippen LogP contribution is 2.12. The summed E-state index contributed by atoms with van der Waals surface area (Å²) in [5.74, 6) is 0.928. The van der Waals surface area contributed by atoms with Gasteiger partial charge in [0.2, 0.25) is 0 Å². The van der Waals surface area contributed by atoms with E-state index >= 15 is 0 Å². The quantitative estimate of drug-likeness (QED) is 0.827. The number of rotatable bonds is 7. The molecule has 100 valence electrons. The lowest BCUT2D eigenvalue weighted by Crippen LogP contribution is -2.30. The third kappa shape index (κ3) is 4.72. The average Bonchev–Trinajstić information content (AvgIpc) is 2.48. The molecule has 1 atom stereocenters. The first-order valence-corrected chi connectivity index (χ1v) is 6.70. The number of nitrogens with zero attached hydrogens (tertiary/aromatic N) is 1. The van der Waals surface area contributed by atoms with Crippen molar-refractivity contribution in [1.29, 1.82) is 0 Å². The van der Waals surface area contributed by atoms with Gasteiger partial charge in [-0.1, -0.05) is 31.2 Å². The predicted octanol–water partition coefficient (Wildman–Crippen LogP) is 3.03. The van der Waals surface area contributed by atoms with Crippen LogP contribution < -0.4 is 10.1 Å². The molecule has 3 nitrogen and oxygen atoms in total. The molecule has 3 heteroatoms. The van der Waals surface area contributed by atoms with Crippen LogP contribution in [-0.4, -0.2) is 17.6 Å². The van der Waals surface area contributed by atoms with Gasteiger partial charge >= 0.3 is 0 Å². The van der Waals surface area contributed by atoms with Gasteiger partial charge in [-0.3, -0.25) is 4.98 Å². The van der Waals surface area contributed by atoms with E-state index < -0.39 is 0 Å². The minimum absolute atomic E-state index is 0.194. The van der Waals surface area contributed by atoms with Gasteiger partial charge < -0.3 is 10.1 Å². The van der Waals surface area contributed by atoms with Crippen molar-refractivity contribution in [2.45, 2.75) is 26.0 Å². The van der Waals surface area contributed by atoms with Crippen molar-refractivity contribution >= 4 is 0 Å². The number of benzene rings is 1. The zero-order valence-electron chi connectivity index (χ0n) is 11.3. The Kier molecular flexibility index (Phi) is 5.38. The number of ether oxygens (including phenoxy) is 1. The summed E-state index contributed by atoms with van der Waals surface area (Å²) in [6.07, 6.45) is 4.84. The second-order valence-electron chi connectivity index (χ2n) is 4.45. The fourth-order valence-corrected chi connectivity index (χ4v) is 1.84. The standard InChI is InChI=1S/C16H20N2O/c1-2-15(19-16-8-4-3-5-9-16)13-18-12-14-7-6-10-17-11-14/h3-11,15,18H,2,12-13H2,1H3. The molecule has 2 aromatic rings. The van der Waals surface area contributed by atoms with Crippen LogP contribution in [-0.2, 0) is 6.54 Å². The molecule has 0 amide bonds. The van der Waals surface area contributed by atoms with Gasteiger partial charge in [-0.2, -0.15) is 0 Å². The molecule has 19 heavy (non-hydrogen) atoms. The van der Waals surface area contributed by atoms with E-state index in [-0.39, 0.29) is 6.10 Å². The Hall–Kier alpha value is -1.87. The normalized spacial score (nSPS) is 12.1. The number of para-hydroxylation sites is 1. The van der Waals surface area contributed by atoms with Crippen molar-refractivity contribution in [2.24, 2.45) is 0 Å². The summed E-state index contributed by atoms with van der Waals surface area (Å²) in [5.41, 5.74) is 1.19. The summed E-state index contributed by atoms with van der Waals surface area (Å²) >= 11 is 0. The van der Waals surface area contributed by atoms with Crippen LogP contribution in [0.4, 0.5) is 0 Å². The highest BCUT2D eigenvalue weighted by Gasteiger charge is 2.07. The molecule has 0 radical (unpaired) electrons. The van der Waals surface area contributed by atoms with E-state index in [1.807, 2.05) is 42.6 Å². The summed E-state index contributed by atoms with van der Waals surface area (Å²) < 4.78 is 5.92. The highest BCUT2D eigenvalue weighted by atomic mass is 16.5. The molecule has 1 aromatic heterocycles. The van der Waals surface area contributed by atoms with E-state index in [1.165, 1.54) is 5.56 Å². The second-order valence-corrected chi connectivity index (χ2v) is 4.45. The zero-order valence-corrected chi connectivity index (χ0v) is 11.3. The van der Waals surface area contributed by atoms with Crippen LogP contribution >= 0.6 is 0 Å². The first-order chi connectivity index (χ1) is 9.38. The lowest BCUT2D eigenvalue weighted by Gasteiger charge is -2.18. The minimum Gasteiger partial charge on any atom is -0.489 e. The molecule has 0 aliphatic heterocycles. The number of hydrogen-bond acceptors (Lipinski definition) is 3. The molecule has 1 aromatic carbocycles. The molecule has 0 aliphatic carbocycles. The van der Waals surface area contributed by atoms with Crippen LogP contribution in [0.3, 0.4) is 0 Å². The Bertz CT molecular complexity index is 459. The number of pyridine rings is 1. The van der Waals surface area contributed by atoms with E-state index in [4.69, 9.17) is 4.74 Å². The van der Waals surface area contributed by atoms with Crippen molar-refractivity contribution in [3.63, 3.8) is 0 Å². The Morgan fingerprint density at radius 2 is 2.00 bits per heavy atom. The molecule has 0 bridgehead atoms. The van der Waals surface area contributed by atoms with Crippen LogP contribution in [0.1, 0.15) is 18.9 Å². The van der Waals surface area contributed by atoms with Crippen molar-refractivity contribution in [3.05, 3.63) is 60.4 Å². The smallest absolute Gasteiger partial charge is 0.119 e. The maximum Gasteiger partial charge on any atom is 0.119 e. The fraction of sp³-hybridized carbons (Fsp3) is 0.312. The Labute approximate surface area is 114 Å². The van der Waals surface area contributed by atoms with E-state index in [0.29, 0.717) is 0 Å². The fourth-order valence-electron chi connectivity index (χ4n) is 1.84. The zero-order chi connectivity index (χ0) is 13.3. The summed E-state index contributed by atoms with van der Waals surface area (Å²) in [6.45, 7) is 3.79. The summed E-state index contributed by atoms with van der Waals surface area (Å²) in [5, 5.41) is 3.41. The van der Waals surface area contributed by atoms with Crippen LogP contribution in [0.2, 0.25) is 0 Å². The van der Waals surface area contributed by atoms with E-state index in [2.05, 4.69) is 23.3 Å². The van der Waals surface area contributed by atoms with Crippen LogP contribution in [0.25, 0.3) is 0 Å². The van der Waals surface area contributed by atoms with E-state index in [9.17, 15) is 0 Å². The summed E-state index contributed by atoms with van der Waals surface area (Å²) in [7, 11) is 0. The molecular weight excluding hydrogens is 236 g/mol. The van der Waals surface area contributed by atoms with Gasteiger partial charge in [-0.05, 0) is 30.2 Å². The molecule has 1 unspecified atom stereocenters. The lowest BCUT2D eigenvalue weighted by molar-refractivity contribution is 0.193. The van der Waals surface area contributed by atoms with Crippen molar-refractivity contribution in [3.8, 4) is 5.75 Å². The number of hydrogen-bond donors (Lipinski definition) is 1. The van der Waals surface area contributed by atoms with Gasteiger partial charge in [-0.15, -0.1) is 0 Å². The highest BCUT2D eigenvalue weighted by molar-refractivity contribution is 5.21. The summed E-state index contributed by atoms with van der Waals surface area (Å²) in [6, 6.07) is 14.0. The first kappa shape index (κ1) is 13.6. The molecule has 0 fully saturated rings. The van der Waals surface area contributed by atoms with Crippen molar-refractivity contribution < 1.29 is 4.74 Å². The van der Waals surface area contributed by atoms with Crippen LogP contribution in [0, 0.1) is 0 Å². The lowest BCUT2D eigenvalue weighted by atomic mass is 10.2. The number of nitrogens with one attached hydrogen (secondary N) is 1. The van der Waals surface area contributed by atoms with Gasteiger partial charge in [0.1, 0.15) is 11.9 Å². The third-order valence-corrected chi connectivity index (χ3v) is 2.93. The Morgan fingerprint density at radius 1 is 1.16 bits per heavy atom. The van der Waals surface area contributed by atoms with Crippen LogP contribution in [0.5, 0.6) is 5.75 Å². The largest absolute Gasteiger partial charge is 0.489 e. The average molecular weight is 256 g/mol. The maximum atomic E-state index is 5.92. The molecule has 0 aliphatic rings. The van der Waals surface area contributed by atoms with Gasteiger partial charge in [0, 0.05) is 25.5 Å². The van der Waals surface area contributed by atoms with E-state index in [1.54, 1.807) is 6.20 Å². The molecule has 0 saturated carbocycles. The van der Waals surface area contributed by atoms with Gasteiger partial charge in [0.15, 0.2) is 0 Å². The SMILES string of the molecule is CCC(CNCc1cccnc1)Oc1ccccc1.